The fourth-order valence-corrected chi connectivity index (χ4v) is 2.31. The van der Waals surface area contributed by atoms with Crippen molar-refractivity contribution in [2.75, 3.05) is 5.32 Å². The molecule has 94 valence electrons. The molecule has 0 atom stereocenters. The van der Waals surface area contributed by atoms with Crippen molar-refractivity contribution in [1.82, 2.24) is 4.37 Å². The molecular weight excluding hydrogens is 255 g/mol. The van der Waals surface area contributed by atoms with Crippen LogP contribution < -0.4 is 5.32 Å². The van der Waals surface area contributed by atoms with E-state index in [0.29, 0.717) is 17.2 Å². The van der Waals surface area contributed by atoms with E-state index >= 15 is 0 Å². The highest BCUT2D eigenvalue weighted by Crippen LogP contribution is 2.24. The summed E-state index contributed by atoms with van der Waals surface area (Å²) in [6.07, 6.45) is 0. The van der Waals surface area contributed by atoms with Crippen LogP contribution in [0.4, 0.5) is 9.39 Å². The third-order valence-electron chi connectivity index (χ3n) is 2.44. The molecule has 2 N–H and O–H groups in total. The van der Waals surface area contributed by atoms with Gasteiger partial charge in [-0.15, -0.1) is 0 Å². The van der Waals surface area contributed by atoms with E-state index in [4.69, 9.17) is 5.11 Å². The summed E-state index contributed by atoms with van der Waals surface area (Å²) in [7, 11) is 0. The summed E-state index contributed by atoms with van der Waals surface area (Å²) in [4.78, 5) is 11.0. The number of aryl methyl sites for hydroxylation is 1. The number of carboxylic acids is 1. The molecule has 0 aliphatic rings. The highest BCUT2D eigenvalue weighted by molar-refractivity contribution is 7.10. The van der Waals surface area contributed by atoms with Gasteiger partial charge in [-0.1, -0.05) is 12.1 Å². The first kappa shape index (κ1) is 12.5. The number of carboxylic acid groups (broad SMARTS) is 1. The van der Waals surface area contributed by atoms with E-state index in [1.807, 2.05) is 0 Å². The fourth-order valence-electron chi connectivity index (χ4n) is 1.53. The summed E-state index contributed by atoms with van der Waals surface area (Å²) in [5.74, 6) is -1.29. The molecule has 2 aromatic rings. The number of hydrogen-bond donors (Lipinski definition) is 2. The Balaban J connectivity index is 2.11. The standard InChI is InChI=1S/C12H11FN2O2S/c1-7-10(12(16)17)11(18-15-7)14-6-8-2-4-9(13)5-3-8/h2-5,14H,6H2,1H3,(H,16,17). The lowest BCUT2D eigenvalue weighted by molar-refractivity contribution is 0.0697. The molecule has 0 bridgehead atoms. The second-order valence-corrected chi connectivity index (χ2v) is 4.53. The number of aromatic nitrogens is 1. The topological polar surface area (TPSA) is 62.2 Å². The molecule has 0 spiro atoms. The van der Waals surface area contributed by atoms with E-state index in [9.17, 15) is 9.18 Å². The van der Waals surface area contributed by atoms with Gasteiger partial charge in [0, 0.05) is 6.54 Å². The SMILES string of the molecule is Cc1nsc(NCc2ccc(F)cc2)c1C(=O)O. The zero-order valence-corrected chi connectivity index (χ0v) is 10.4. The van der Waals surface area contributed by atoms with Gasteiger partial charge in [0.25, 0.3) is 0 Å². The number of hydrogen-bond acceptors (Lipinski definition) is 4. The molecule has 0 amide bonds. The van der Waals surface area contributed by atoms with Crippen molar-refractivity contribution in [2.45, 2.75) is 13.5 Å². The van der Waals surface area contributed by atoms with Crippen LogP contribution in [0.1, 0.15) is 21.6 Å². The van der Waals surface area contributed by atoms with Crippen LogP contribution in [0.5, 0.6) is 0 Å². The molecule has 18 heavy (non-hydrogen) atoms. The zero-order chi connectivity index (χ0) is 13.1. The second-order valence-electron chi connectivity index (χ2n) is 3.76. The highest BCUT2D eigenvalue weighted by atomic mass is 32.1. The van der Waals surface area contributed by atoms with E-state index in [1.165, 1.54) is 12.1 Å². The Kier molecular flexibility index (Phi) is 3.57. The maximum atomic E-state index is 12.7. The van der Waals surface area contributed by atoms with E-state index in [1.54, 1.807) is 19.1 Å². The van der Waals surface area contributed by atoms with Gasteiger partial charge >= 0.3 is 5.97 Å². The van der Waals surface area contributed by atoms with Gasteiger partial charge < -0.3 is 10.4 Å². The Morgan fingerprint density at radius 3 is 2.72 bits per heavy atom. The molecule has 4 nitrogen and oxygen atoms in total. The molecule has 0 aliphatic heterocycles. The molecule has 0 saturated heterocycles. The lowest BCUT2D eigenvalue weighted by Gasteiger charge is -2.05. The number of carbonyl (C=O) groups is 1. The number of aromatic carboxylic acids is 1. The first-order valence-corrected chi connectivity index (χ1v) is 6.03. The summed E-state index contributed by atoms with van der Waals surface area (Å²) in [6, 6.07) is 6.04. The molecule has 1 heterocycles. The molecule has 6 heteroatoms. The number of nitrogens with one attached hydrogen (secondary N) is 1. The number of nitrogens with zero attached hydrogens (tertiary/aromatic N) is 1. The number of anilines is 1. The van der Waals surface area contributed by atoms with Crippen molar-refractivity contribution >= 4 is 22.5 Å². The second kappa shape index (κ2) is 5.14. The predicted molar refractivity (Wildman–Crippen MR) is 67.5 cm³/mol. The Hall–Kier alpha value is -1.95. The Labute approximate surface area is 107 Å². The van der Waals surface area contributed by atoms with Crippen LogP contribution in [0, 0.1) is 12.7 Å². The summed E-state index contributed by atoms with van der Waals surface area (Å²) >= 11 is 1.11. The van der Waals surface area contributed by atoms with Crippen LogP contribution in [0.15, 0.2) is 24.3 Å². The highest BCUT2D eigenvalue weighted by Gasteiger charge is 2.16. The number of halogens is 1. The summed E-state index contributed by atoms with van der Waals surface area (Å²) in [5, 5.41) is 12.6. The molecule has 0 saturated carbocycles. The zero-order valence-electron chi connectivity index (χ0n) is 9.61. The first-order chi connectivity index (χ1) is 8.58. The smallest absolute Gasteiger partial charge is 0.340 e. The predicted octanol–water partition coefficient (Wildman–Crippen LogP) is 2.90. The lowest BCUT2D eigenvalue weighted by Crippen LogP contribution is -2.04. The van der Waals surface area contributed by atoms with Gasteiger partial charge in [0.15, 0.2) is 0 Å². The first-order valence-electron chi connectivity index (χ1n) is 5.26. The van der Waals surface area contributed by atoms with E-state index < -0.39 is 5.97 Å². The van der Waals surface area contributed by atoms with Crippen LogP contribution in [0.2, 0.25) is 0 Å². The minimum atomic E-state index is -0.997. The van der Waals surface area contributed by atoms with Gasteiger partial charge in [0.05, 0.1) is 5.69 Å². The van der Waals surface area contributed by atoms with Crippen LogP contribution in [-0.2, 0) is 6.54 Å². The average Bonchev–Trinajstić information content (AvgIpc) is 2.70. The van der Waals surface area contributed by atoms with Crippen molar-refractivity contribution < 1.29 is 14.3 Å². The van der Waals surface area contributed by atoms with Crippen LogP contribution in [0.25, 0.3) is 0 Å². The largest absolute Gasteiger partial charge is 0.478 e. The Morgan fingerprint density at radius 1 is 1.44 bits per heavy atom. The lowest BCUT2D eigenvalue weighted by atomic mass is 10.2. The van der Waals surface area contributed by atoms with Gasteiger partial charge in [-0.3, -0.25) is 0 Å². The van der Waals surface area contributed by atoms with Crippen LogP contribution >= 0.6 is 11.5 Å². The van der Waals surface area contributed by atoms with Crippen molar-refractivity contribution in [3.8, 4) is 0 Å². The Morgan fingerprint density at radius 2 is 2.11 bits per heavy atom. The van der Waals surface area contributed by atoms with Gasteiger partial charge in [0.2, 0.25) is 0 Å². The molecule has 0 radical (unpaired) electrons. The van der Waals surface area contributed by atoms with Crippen molar-refractivity contribution in [2.24, 2.45) is 0 Å². The number of rotatable bonds is 4. The maximum absolute atomic E-state index is 12.7. The van der Waals surface area contributed by atoms with Gasteiger partial charge in [0.1, 0.15) is 16.4 Å². The molecular formula is C12H11FN2O2S. The fraction of sp³-hybridized carbons (Fsp3) is 0.167. The normalized spacial score (nSPS) is 10.3. The quantitative estimate of drug-likeness (QED) is 0.893. The van der Waals surface area contributed by atoms with E-state index in [2.05, 4.69) is 9.69 Å². The maximum Gasteiger partial charge on any atom is 0.340 e. The molecule has 1 aromatic heterocycles. The summed E-state index contributed by atoms with van der Waals surface area (Å²) in [5.41, 5.74) is 1.56. The van der Waals surface area contributed by atoms with Gasteiger partial charge in [-0.2, -0.15) is 4.37 Å². The minimum absolute atomic E-state index is 0.196. The van der Waals surface area contributed by atoms with Crippen LogP contribution in [-0.4, -0.2) is 15.4 Å². The Bertz CT molecular complexity index is 566. The van der Waals surface area contributed by atoms with E-state index in [0.717, 1.165) is 17.1 Å². The molecule has 0 aliphatic carbocycles. The third-order valence-corrected chi connectivity index (χ3v) is 3.34. The van der Waals surface area contributed by atoms with Crippen molar-refractivity contribution in [3.63, 3.8) is 0 Å². The summed E-state index contributed by atoms with van der Waals surface area (Å²) in [6.45, 7) is 2.09. The van der Waals surface area contributed by atoms with Crippen molar-refractivity contribution in [3.05, 3.63) is 46.9 Å². The molecule has 2 rings (SSSR count). The molecule has 0 fully saturated rings. The average molecular weight is 266 g/mol. The van der Waals surface area contributed by atoms with Crippen molar-refractivity contribution in [1.29, 1.82) is 0 Å². The van der Waals surface area contributed by atoms with E-state index in [-0.39, 0.29) is 11.4 Å². The summed E-state index contributed by atoms with van der Waals surface area (Å²) < 4.78 is 16.7. The minimum Gasteiger partial charge on any atom is -0.478 e. The molecule has 0 unspecified atom stereocenters. The molecule has 1 aromatic carbocycles. The van der Waals surface area contributed by atoms with Crippen LogP contribution in [0.3, 0.4) is 0 Å². The van der Waals surface area contributed by atoms with Gasteiger partial charge in [-0.25, -0.2) is 9.18 Å². The monoisotopic (exact) mass is 266 g/mol. The van der Waals surface area contributed by atoms with Gasteiger partial charge in [-0.05, 0) is 36.2 Å². The third kappa shape index (κ3) is 2.65. The number of benzene rings is 1.